The molecule has 40 heavy (non-hydrogen) atoms. The van der Waals surface area contributed by atoms with Crippen LogP contribution in [-0.4, -0.2) is 65.5 Å². The Morgan fingerprint density at radius 2 is 1.80 bits per heavy atom. The van der Waals surface area contributed by atoms with Crippen molar-refractivity contribution in [3.63, 3.8) is 0 Å². The van der Waals surface area contributed by atoms with Crippen LogP contribution < -0.4 is 10.6 Å². The van der Waals surface area contributed by atoms with E-state index in [0.29, 0.717) is 19.3 Å². The van der Waals surface area contributed by atoms with E-state index in [1.54, 1.807) is 4.90 Å². The summed E-state index contributed by atoms with van der Waals surface area (Å²) in [6.07, 6.45) is 10.9. The molecule has 0 saturated carbocycles. The summed E-state index contributed by atoms with van der Waals surface area (Å²) in [4.78, 5) is 53.8. The van der Waals surface area contributed by atoms with E-state index in [1.165, 1.54) is 0 Å². The van der Waals surface area contributed by atoms with Crippen LogP contribution in [0.5, 0.6) is 0 Å². The van der Waals surface area contributed by atoms with Crippen molar-refractivity contribution in [2.45, 2.75) is 108 Å². The van der Waals surface area contributed by atoms with E-state index < -0.39 is 29.8 Å². The van der Waals surface area contributed by atoms with Crippen LogP contribution in [-0.2, 0) is 30.5 Å². The van der Waals surface area contributed by atoms with Gasteiger partial charge < -0.3 is 29.8 Å². The van der Waals surface area contributed by atoms with Crippen LogP contribution in [0.1, 0.15) is 77.2 Å². The van der Waals surface area contributed by atoms with Gasteiger partial charge in [0, 0.05) is 12.5 Å². The van der Waals surface area contributed by atoms with Crippen LogP contribution in [0.4, 0.5) is 4.79 Å². The van der Waals surface area contributed by atoms with Crippen molar-refractivity contribution in [3.05, 3.63) is 48.0 Å². The Bertz CT molecular complexity index is 1060. The van der Waals surface area contributed by atoms with Gasteiger partial charge in [-0.25, -0.2) is 4.79 Å². The van der Waals surface area contributed by atoms with Crippen molar-refractivity contribution < 1.29 is 28.7 Å². The molecule has 1 aromatic carbocycles. The zero-order valence-corrected chi connectivity index (χ0v) is 23.7. The highest BCUT2D eigenvalue weighted by Gasteiger charge is 2.55. The lowest BCUT2D eigenvalue weighted by Gasteiger charge is -2.32. The first kappa shape index (κ1) is 29.8. The third kappa shape index (κ3) is 7.93. The molecule has 3 heterocycles. The number of fused-ring (bicyclic) bond motifs is 3. The first-order valence-corrected chi connectivity index (χ1v) is 14.6. The zero-order chi connectivity index (χ0) is 28.5. The molecule has 9 heteroatoms. The molecule has 5 atom stereocenters. The maximum Gasteiger partial charge on any atom is 0.408 e. The molecule has 2 fully saturated rings. The van der Waals surface area contributed by atoms with Gasteiger partial charge >= 0.3 is 6.09 Å². The summed E-state index contributed by atoms with van der Waals surface area (Å²) < 4.78 is 11.7. The largest absolute Gasteiger partial charge is 0.445 e. The lowest BCUT2D eigenvalue weighted by Crippen LogP contribution is -2.56. The zero-order valence-electron chi connectivity index (χ0n) is 23.7. The molecular weight excluding hydrogens is 510 g/mol. The molecule has 4 rings (SSSR count). The lowest BCUT2D eigenvalue weighted by atomic mass is 9.89. The van der Waals surface area contributed by atoms with Gasteiger partial charge in [0.1, 0.15) is 25.0 Å². The number of amides is 3. The maximum absolute atomic E-state index is 14.0. The second-order valence-corrected chi connectivity index (χ2v) is 11.8. The fourth-order valence-corrected chi connectivity index (χ4v) is 6.11. The Labute approximate surface area is 237 Å². The lowest BCUT2D eigenvalue weighted by molar-refractivity contribution is -0.142. The number of carbonyl (C=O) groups is 4. The standard InChI is InChI=1S/C31H43N3O6/c1-31(2)18-24-26(40-31)19-34-27(24)28(36)32-23(20-35)16-12-7-5-3-4-6-8-13-17-25(29(34)37)33-30(38)39-21-22-14-10-9-11-15-22/h3-4,9-11,14-15,20,23-27H,5-8,12-13,16-19,21H2,1-2H3,(H,32,36)(H,33,38)/b4-3+/t23-,24-,25-,26-,27-/m0/s1. The first-order chi connectivity index (χ1) is 19.3. The van der Waals surface area contributed by atoms with Gasteiger partial charge in [0.25, 0.3) is 0 Å². The van der Waals surface area contributed by atoms with Crippen molar-refractivity contribution in [1.29, 1.82) is 0 Å². The molecule has 3 aliphatic rings. The van der Waals surface area contributed by atoms with E-state index in [9.17, 15) is 19.2 Å². The Hall–Kier alpha value is -3.20. The van der Waals surface area contributed by atoms with Gasteiger partial charge in [-0.1, -0.05) is 55.3 Å². The number of nitrogens with one attached hydrogen (secondary N) is 2. The normalized spacial score (nSPS) is 30.4. The molecule has 218 valence electrons. The van der Waals surface area contributed by atoms with Crippen molar-refractivity contribution in [1.82, 2.24) is 15.5 Å². The summed E-state index contributed by atoms with van der Waals surface area (Å²) in [5.74, 6) is -0.854. The fourth-order valence-electron chi connectivity index (χ4n) is 6.11. The van der Waals surface area contributed by atoms with E-state index in [0.717, 1.165) is 50.4 Å². The molecule has 9 nitrogen and oxygen atoms in total. The van der Waals surface area contributed by atoms with Gasteiger partial charge in [-0.2, -0.15) is 0 Å². The average Bonchev–Trinajstić information content (AvgIpc) is 3.42. The molecular formula is C31H43N3O6. The summed E-state index contributed by atoms with van der Waals surface area (Å²) in [6.45, 7) is 4.33. The van der Waals surface area contributed by atoms with Crippen molar-refractivity contribution in [2.24, 2.45) is 5.92 Å². The van der Waals surface area contributed by atoms with Crippen molar-refractivity contribution in [3.8, 4) is 0 Å². The number of ether oxygens (including phenoxy) is 2. The van der Waals surface area contributed by atoms with Gasteiger partial charge in [0.05, 0.1) is 17.7 Å². The summed E-state index contributed by atoms with van der Waals surface area (Å²) in [5.41, 5.74) is 0.437. The van der Waals surface area contributed by atoms with Crippen LogP contribution in [0, 0.1) is 5.92 Å². The summed E-state index contributed by atoms with van der Waals surface area (Å²) >= 11 is 0. The third-order valence-corrected chi connectivity index (χ3v) is 8.06. The summed E-state index contributed by atoms with van der Waals surface area (Å²) in [6, 6.07) is 7.12. The molecule has 0 aromatic heterocycles. The predicted octanol–water partition coefficient (Wildman–Crippen LogP) is 4.05. The van der Waals surface area contributed by atoms with Crippen LogP contribution in [0.15, 0.2) is 42.5 Å². The molecule has 1 aromatic rings. The number of carbonyl (C=O) groups excluding carboxylic acids is 4. The van der Waals surface area contributed by atoms with Crippen molar-refractivity contribution >= 4 is 24.2 Å². The molecule has 2 N–H and O–H groups in total. The molecule has 0 bridgehead atoms. The number of hydrogen-bond acceptors (Lipinski definition) is 6. The Morgan fingerprint density at radius 3 is 2.50 bits per heavy atom. The van der Waals surface area contributed by atoms with Crippen LogP contribution in [0.2, 0.25) is 0 Å². The Kier molecular flexibility index (Phi) is 10.4. The number of allylic oxidation sites excluding steroid dienone is 2. The second-order valence-electron chi connectivity index (χ2n) is 11.8. The molecule has 3 amide bonds. The van der Waals surface area contributed by atoms with E-state index in [1.807, 2.05) is 44.2 Å². The maximum atomic E-state index is 14.0. The van der Waals surface area contributed by atoms with Gasteiger partial charge in [-0.05, 0) is 64.4 Å². The summed E-state index contributed by atoms with van der Waals surface area (Å²) in [7, 11) is 0. The number of aldehydes is 1. The predicted molar refractivity (Wildman–Crippen MR) is 150 cm³/mol. The SMILES string of the molecule is CC1(C)C[C@H]2[C@H](CN3C(=O)[C@@H](NC(=O)OCc4ccccc4)CCCC/C=C/CCCC[C@@H](C=O)NC(=O)[C@H]23)O1. The van der Waals surface area contributed by atoms with Gasteiger partial charge in [0.15, 0.2) is 0 Å². The Morgan fingerprint density at radius 1 is 1.10 bits per heavy atom. The minimum Gasteiger partial charge on any atom is -0.445 e. The van der Waals surface area contributed by atoms with Crippen LogP contribution in [0.25, 0.3) is 0 Å². The first-order valence-electron chi connectivity index (χ1n) is 14.6. The smallest absolute Gasteiger partial charge is 0.408 e. The number of benzene rings is 1. The van der Waals surface area contributed by atoms with Crippen LogP contribution >= 0.6 is 0 Å². The molecule has 2 saturated heterocycles. The van der Waals surface area contributed by atoms with Crippen molar-refractivity contribution in [2.75, 3.05) is 6.54 Å². The molecule has 0 unspecified atom stereocenters. The quantitative estimate of drug-likeness (QED) is 0.430. The van der Waals surface area contributed by atoms with Crippen LogP contribution in [0.3, 0.4) is 0 Å². The molecule has 3 aliphatic heterocycles. The average molecular weight is 554 g/mol. The van der Waals surface area contributed by atoms with E-state index in [2.05, 4.69) is 22.8 Å². The highest BCUT2D eigenvalue weighted by molar-refractivity contribution is 5.93. The number of hydrogen-bond donors (Lipinski definition) is 2. The highest BCUT2D eigenvalue weighted by atomic mass is 16.5. The third-order valence-electron chi connectivity index (χ3n) is 8.06. The fraction of sp³-hybridized carbons (Fsp3) is 0.613. The van der Waals surface area contributed by atoms with Gasteiger partial charge in [-0.15, -0.1) is 0 Å². The second kappa shape index (κ2) is 13.9. The van der Waals surface area contributed by atoms with E-state index in [-0.39, 0.29) is 37.0 Å². The topological polar surface area (TPSA) is 114 Å². The number of nitrogens with zero attached hydrogens (tertiary/aromatic N) is 1. The highest BCUT2D eigenvalue weighted by Crippen LogP contribution is 2.43. The number of rotatable bonds is 4. The Balaban J connectivity index is 1.53. The number of alkyl carbamates (subject to hydrolysis) is 1. The van der Waals surface area contributed by atoms with Gasteiger partial charge in [-0.3, -0.25) is 9.59 Å². The van der Waals surface area contributed by atoms with E-state index >= 15 is 0 Å². The van der Waals surface area contributed by atoms with E-state index in [4.69, 9.17) is 9.47 Å². The minimum absolute atomic E-state index is 0.0906. The molecule has 0 radical (unpaired) electrons. The van der Waals surface area contributed by atoms with Gasteiger partial charge in [0.2, 0.25) is 11.8 Å². The summed E-state index contributed by atoms with van der Waals surface area (Å²) in [5, 5.41) is 5.68. The molecule has 0 spiro atoms. The molecule has 0 aliphatic carbocycles. The monoisotopic (exact) mass is 553 g/mol. The minimum atomic E-state index is -0.841.